The second-order valence-corrected chi connectivity index (χ2v) is 4.31. The van der Waals surface area contributed by atoms with Gasteiger partial charge in [-0.15, -0.1) is 0 Å². The van der Waals surface area contributed by atoms with Crippen LogP contribution in [0.5, 0.6) is 17.2 Å². The van der Waals surface area contributed by atoms with Crippen molar-refractivity contribution in [1.29, 1.82) is 0 Å². The van der Waals surface area contributed by atoms with E-state index in [-0.39, 0.29) is 24.2 Å². The van der Waals surface area contributed by atoms with E-state index >= 15 is 0 Å². The van der Waals surface area contributed by atoms with Crippen LogP contribution in [0, 0.1) is 0 Å². The highest BCUT2D eigenvalue weighted by molar-refractivity contribution is 5.85. The van der Waals surface area contributed by atoms with Crippen LogP contribution in [0.4, 0.5) is 0 Å². The first kappa shape index (κ1) is 11.5. The number of hydrogen-bond donors (Lipinski definition) is 5. The first-order valence-corrected chi connectivity index (χ1v) is 5.04. The third-order valence-electron chi connectivity index (χ3n) is 3.14. The second kappa shape index (κ2) is 3.53. The number of aliphatic hydroxyl groups excluding tert-OH is 1. The molecule has 0 unspecified atom stereocenters. The summed E-state index contributed by atoms with van der Waals surface area (Å²) >= 11 is 0. The molecule has 0 aromatic heterocycles. The fourth-order valence-corrected chi connectivity index (χ4v) is 2.32. The summed E-state index contributed by atoms with van der Waals surface area (Å²) in [6.45, 7) is 0. The van der Waals surface area contributed by atoms with E-state index < -0.39 is 29.0 Å². The Kier molecular flexibility index (Phi) is 2.39. The number of carboxylic acids is 1. The van der Waals surface area contributed by atoms with Gasteiger partial charge in [-0.05, 0) is 12.8 Å². The number of phenols is 3. The molecule has 0 aliphatic heterocycles. The van der Waals surface area contributed by atoms with Crippen molar-refractivity contribution in [2.45, 2.75) is 24.4 Å². The molecule has 0 spiro atoms. The van der Waals surface area contributed by atoms with Crippen LogP contribution in [-0.4, -0.2) is 37.6 Å². The first-order chi connectivity index (χ1) is 7.86. The zero-order chi connectivity index (χ0) is 12.8. The lowest BCUT2D eigenvalue weighted by Gasteiger charge is -2.42. The maximum absolute atomic E-state index is 11.2. The van der Waals surface area contributed by atoms with E-state index in [4.69, 9.17) is 5.11 Å². The second-order valence-electron chi connectivity index (χ2n) is 4.31. The predicted molar refractivity (Wildman–Crippen MR) is 56.0 cm³/mol. The number of rotatable bonds is 2. The molecule has 17 heavy (non-hydrogen) atoms. The smallest absolute Gasteiger partial charge is 0.314 e. The number of hydrogen-bond acceptors (Lipinski definition) is 5. The lowest BCUT2D eigenvalue weighted by Crippen LogP contribution is -2.50. The van der Waals surface area contributed by atoms with Gasteiger partial charge in [-0.25, -0.2) is 0 Å². The van der Waals surface area contributed by atoms with E-state index in [2.05, 4.69) is 0 Å². The average molecular weight is 240 g/mol. The van der Waals surface area contributed by atoms with Gasteiger partial charge < -0.3 is 25.5 Å². The number of benzene rings is 1. The lowest BCUT2D eigenvalue weighted by atomic mass is 9.62. The summed E-state index contributed by atoms with van der Waals surface area (Å²) in [7, 11) is 0. The van der Waals surface area contributed by atoms with E-state index in [1.807, 2.05) is 0 Å². The molecule has 1 aromatic carbocycles. The summed E-state index contributed by atoms with van der Waals surface area (Å²) in [4.78, 5) is 11.2. The van der Waals surface area contributed by atoms with Crippen LogP contribution in [0.1, 0.15) is 18.4 Å². The van der Waals surface area contributed by atoms with Gasteiger partial charge in [0.1, 0.15) is 22.7 Å². The van der Waals surface area contributed by atoms with Crippen LogP contribution >= 0.6 is 0 Å². The van der Waals surface area contributed by atoms with Gasteiger partial charge >= 0.3 is 5.97 Å². The van der Waals surface area contributed by atoms with Crippen molar-refractivity contribution in [2.24, 2.45) is 0 Å². The molecule has 1 fully saturated rings. The van der Waals surface area contributed by atoms with Crippen molar-refractivity contribution in [2.75, 3.05) is 0 Å². The topological polar surface area (TPSA) is 118 Å². The molecule has 0 amide bonds. The SMILES string of the molecule is O=C(O)C1(c2c(O)cc(O)cc2O)CC(O)C1. The van der Waals surface area contributed by atoms with E-state index in [9.17, 15) is 25.2 Å². The molecular formula is C11H12O6. The standard InChI is InChI=1S/C11H12O6/c12-5-1-7(14)9(8(15)2-5)11(10(16)17)3-6(13)4-11/h1-2,6,12-15H,3-4H2,(H,16,17). The minimum atomic E-state index is -1.48. The van der Waals surface area contributed by atoms with Gasteiger partial charge in [0.25, 0.3) is 0 Å². The van der Waals surface area contributed by atoms with Crippen LogP contribution in [-0.2, 0) is 10.2 Å². The Bertz CT molecular complexity index is 452. The first-order valence-electron chi connectivity index (χ1n) is 5.04. The van der Waals surface area contributed by atoms with Gasteiger partial charge in [-0.2, -0.15) is 0 Å². The van der Waals surface area contributed by atoms with Crippen molar-refractivity contribution >= 4 is 5.97 Å². The van der Waals surface area contributed by atoms with Gasteiger partial charge in [0.15, 0.2) is 0 Å². The molecule has 1 saturated carbocycles. The number of aliphatic hydroxyl groups is 1. The minimum absolute atomic E-state index is 0.0752. The van der Waals surface area contributed by atoms with Crippen LogP contribution in [0.15, 0.2) is 12.1 Å². The molecular weight excluding hydrogens is 228 g/mol. The number of phenolic OH excluding ortho intramolecular Hbond substituents is 3. The highest BCUT2D eigenvalue weighted by atomic mass is 16.4. The molecule has 0 saturated heterocycles. The van der Waals surface area contributed by atoms with Gasteiger partial charge in [0.05, 0.1) is 11.7 Å². The molecule has 1 aromatic rings. The third-order valence-corrected chi connectivity index (χ3v) is 3.14. The van der Waals surface area contributed by atoms with E-state index in [1.165, 1.54) is 0 Å². The fourth-order valence-electron chi connectivity index (χ4n) is 2.32. The molecule has 0 radical (unpaired) electrons. The van der Waals surface area contributed by atoms with Crippen molar-refractivity contribution in [3.05, 3.63) is 17.7 Å². The predicted octanol–water partition coefficient (Wildman–Crippen LogP) is 0.280. The summed E-state index contributed by atoms with van der Waals surface area (Å²) in [6.07, 6.45) is -0.915. The van der Waals surface area contributed by atoms with Crippen LogP contribution in [0.25, 0.3) is 0 Å². The molecule has 6 heteroatoms. The number of aliphatic carboxylic acids is 1. The molecule has 1 aliphatic carbocycles. The number of carboxylic acid groups (broad SMARTS) is 1. The van der Waals surface area contributed by atoms with Crippen molar-refractivity contribution in [1.82, 2.24) is 0 Å². The summed E-state index contributed by atoms with van der Waals surface area (Å²) in [5, 5.41) is 46.9. The van der Waals surface area contributed by atoms with Crippen LogP contribution in [0.3, 0.4) is 0 Å². The molecule has 2 rings (SSSR count). The minimum Gasteiger partial charge on any atom is -0.508 e. The van der Waals surface area contributed by atoms with Gasteiger partial charge in [0, 0.05) is 12.1 Å². The van der Waals surface area contributed by atoms with Crippen LogP contribution in [0.2, 0.25) is 0 Å². The van der Waals surface area contributed by atoms with E-state index in [1.54, 1.807) is 0 Å². The number of aromatic hydroxyl groups is 3. The summed E-state index contributed by atoms with van der Waals surface area (Å²) in [5.41, 5.74) is -1.64. The molecule has 1 aliphatic rings. The maximum Gasteiger partial charge on any atom is 0.314 e. The van der Waals surface area contributed by atoms with Gasteiger partial charge in [-0.3, -0.25) is 4.79 Å². The molecule has 5 N–H and O–H groups in total. The fraction of sp³-hybridized carbons (Fsp3) is 0.364. The summed E-state index contributed by atoms with van der Waals surface area (Å²) in [6, 6.07) is 1.93. The van der Waals surface area contributed by atoms with Gasteiger partial charge in [0.2, 0.25) is 0 Å². The quantitative estimate of drug-likeness (QED) is 0.506. The lowest BCUT2D eigenvalue weighted by molar-refractivity contribution is -0.153. The molecule has 92 valence electrons. The van der Waals surface area contributed by atoms with Crippen molar-refractivity contribution in [3.8, 4) is 17.2 Å². The highest BCUT2D eigenvalue weighted by Crippen LogP contribution is 2.51. The van der Waals surface area contributed by atoms with E-state index in [0.717, 1.165) is 12.1 Å². The Balaban J connectivity index is 2.56. The van der Waals surface area contributed by atoms with Crippen LogP contribution < -0.4 is 0 Å². The van der Waals surface area contributed by atoms with Gasteiger partial charge in [-0.1, -0.05) is 0 Å². The number of carbonyl (C=O) groups is 1. The summed E-state index contributed by atoms with van der Waals surface area (Å²) < 4.78 is 0. The Morgan fingerprint density at radius 2 is 1.65 bits per heavy atom. The molecule has 0 atom stereocenters. The highest BCUT2D eigenvalue weighted by Gasteiger charge is 2.54. The molecule has 6 nitrogen and oxygen atoms in total. The molecule has 0 bridgehead atoms. The Labute approximate surface area is 96.4 Å². The third kappa shape index (κ3) is 1.57. The zero-order valence-electron chi connectivity index (χ0n) is 8.79. The average Bonchev–Trinajstić information content (AvgIpc) is 2.12. The van der Waals surface area contributed by atoms with Crippen molar-refractivity contribution in [3.63, 3.8) is 0 Å². The molecule has 0 heterocycles. The monoisotopic (exact) mass is 240 g/mol. The van der Waals surface area contributed by atoms with Crippen molar-refractivity contribution < 1.29 is 30.3 Å². The zero-order valence-corrected chi connectivity index (χ0v) is 8.79. The normalized spacial score (nSPS) is 27.5. The Morgan fingerprint density at radius 3 is 2.00 bits per heavy atom. The van der Waals surface area contributed by atoms with E-state index in [0.29, 0.717) is 0 Å². The Morgan fingerprint density at radius 1 is 1.18 bits per heavy atom. The Hall–Kier alpha value is -1.95. The maximum atomic E-state index is 11.2. The summed E-state index contributed by atoms with van der Waals surface area (Å²) in [5.74, 6) is -2.56. The largest absolute Gasteiger partial charge is 0.508 e.